The van der Waals surface area contributed by atoms with E-state index in [9.17, 15) is 17.6 Å². The lowest BCUT2D eigenvalue weighted by molar-refractivity contribution is 0.0973. The van der Waals surface area contributed by atoms with Gasteiger partial charge in [-0.05, 0) is 107 Å². The first-order chi connectivity index (χ1) is 33.1. The summed E-state index contributed by atoms with van der Waals surface area (Å²) < 4.78 is 58.8. The highest BCUT2D eigenvalue weighted by Gasteiger charge is 2.29. The Kier molecular flexibility index (Phi) is 28.1. The molecular weight excluding hydrogens is 1090 g/mol. The highest BCUT2D eigenvalue weighted by atomic mass is 35.5. The summed E-state index contributed by atoms with van der Waals surface area (Å²) in [5.74, 6) is 0.0117. The van der Waals surface area contributed by atoms with Crippen LogP contribution < -0.4 is 0 Å². The number of imidazole rings is 2. The molecule has 2 aliphatic rings. The minimum absolute atomic E-state index is 0. The van der Waals surface area contributed by atoms with E-state index in [4.69, 9.17) is 0 Å². The minimum Gasteiger partial charge on any atom is -0.412 e. The molecule has 2 aliphatic heterocycles. The number of nitrogens with zero attached hydrogens (tertiary/aromatic N) is 8. The molecule has 19 heteroatoms. The normalized spacial score (nSPS) is 14.8. The van der Waals surface area contributed by atoms with Crippen molar-refractivity contribution in [2.75, 3.05) is 65.4 Å². The summed E-state index contributed by atoms with van der Waals surface area (Å²) in [5.41, 5.74) is 8.56. The van der Waals surface area contributed by atoms with Crippen LogP contribution in [0.25, 0.3) is 22.1 Å². The first-order valence-corrected chi connectivity index (χ1v) is 23.9. The summed E-state index contributed by atoms with van der Waals surface area (Å²) >= 11 is 0. The van der Waals surface area contributed by atoms with Crippen molar-refractivity contribution in [2.24, 2.45) is 11.8 Å². The molecule has 8 aromatic rings. The molecule has 4 heterocycles. The van der Waals surface area contributed by atoms with E-state index in [1.807, 2.05) is 85.5 Å². The largest absolute Gasteiger partial charge is 0.412 e. The van der Waals surface area contributed by atoms with Crippen LogP contribution in [0.2, 0.25) is 0 Å². The molecule has 408 valence electrons. The van der Waals surface area contributed by atoms with Gasteiger partial charge in [-0.2, -0.15) is 0 Å². The Hall–Kier alpha value is -4.48. The Labute approximate surface area is 475 Å². The van der Waals surface area contributed by atoms with Crippen molar-refractivity contribution in [1.29, 1.82) is 0 Å². The van der Waals surface area contributed by atoms with Crippen molar-refractivity contribution in [3.63, 3.8) is 0 Å². The summed E-state index contributed by atoms with van der Waals surface area (Å²) in [4.78, 5) is 18.9. The lowest BCUT2D eigenvalue weighted by Gasteiger charge is -2.40. The second-order valence-corrected chi connectivity index (χ2v) is 18.7. The number of aromatic nitrogens is 4. The number of fused-ring (bicyclic) bond motifs is 2. The van der Waals surface area contributed by atoms with Gasteiger partial charge < -0.3 is 24.4 Å². The van der Waals surface area contributed by atoms with Gasteiger partial charge in [0.25, 0.3) is 0 Å². The van der Waals surface area contributed by atoms with Crippen molar-refractivity contribution < 1.29 is 23.0 Å². The lowest BCUT2D eigenvalue weighted by Crippen LogP contribution is -2.49. The van der Waals surface area contributed by atoms with E-state index in [-0.39, 0.29) is 115 Å². The van der Waals surface area contributed by atoms with Crippen LogP contribution in [0, 0.1) is 35.1 Å². The third-order valence-corrected chi connectivity index (χ3v) is 13.5. The molecule has 75 heavy (non-hydrogen) atoms. The van der Waals surface area contributed by atoms with Crippen molar-refractivity contribution in [3.05, 3.63) is 204 Å². The molecule has 9 nitrogen and oxygen atoms in total. The lowest BCUT2D eigenvalue weighted by atomic mass is 9.96. The Bertz CT molecular complexity index is 2560. The maximum absolute atomic E-state index is 13.6. The van der Waals surface area contributed by atoms with Crippen molar-refractivity contribution >= 4 is 96.5 Å². The molecule has 2 fully saturated rings. The predicted octanol–water partition coefficient (Wildman–Crippen LogP) is 12.4. The average molecular weight is 1160 g/mol. The molecule has 0 bridgehead atoms. The molecular formula is C56H68Cl6F4N8O. The van der Waals surface area contributed by atoms with Crippen LogP contribution >= 0.6 is 74.4 Å². The smallest absolute Gasteiger partial charge is 0.123 e. The van der Waals surface area contributed by atoms with E-state index >= 15 is 0 Å². The van der Waals surface area contributed by atoms with Crippen LogP contribution in [-0.2, 0) is 13.1 Å². The number of para-hydroxylation sites is 4. The molecule has 2 N–H and O–H groups in total. The third-order valence-electron chi connectivity index (χ3n) is 13.5. The minimum atomic E-state index is -0.244. The molecule has 2 unspecified atom stereocenters. The van der Waals surface area contributed by atoms with Gasteiger partial charge in [-0.15, -0.1) is 74.4 Å². The van der Waals surface area contributed by atoms with Gasteiger partial charge in [-0.25, -0.2) is 27.5 Å². The summed E-state index contributed by atoms with van der Waals surface area (Å²) in [6, 6.07) is 43.2. The van der Waals surface area contributed by atoms with Gasteiger partial charge >= 0.3 is 0 Å². The summed E-state index contributed by atoms with van der Waals surface area (Å²) in [6.45, 7) is 16.0. The van der Waals surface area contributed by atoms with E-state index in [1.165, 1.54) is 59.6 Å². The average Bonchev–Trinajstić information content (AvgIpc) is 3.96. The zero-order valence-electron chi connectivity index (χ0n) is 41.8. The van der Waals surface area contributed by atoms with Gasteiger partial charge in [0.15, 0.2) is 0 Å². The SMILES string of the molecule is CC(CN1CCN(C(c2ccc(F)cc2)c2ccc(F)cc2)CC1)Cn1cnc2ccccc21.CC(CN1CCN(C(c2ccc(F)cc2)c2ccc(F)cc2)CC1)Cn1cnc2ccccc21.Cl.Cl.Cl.Cl.Cl.Cl.O. The summed E-state index contributed by atoms with van der Waals surface area (Å²) in [6.07, 6.45) is 3.88. The molecule has 0 amide bonds. The fourth-order valence-corrected chi connectivity index (χ4v) is 10.2. The first-order valence-electron chi connectivity index (χ1n) is 23.9. The second kappa shape index (κ2) is 31.7. The molecule has 0 saturated carbocycles. The van der Waals surface area contributed by atoms with Gasteiger partial charge in [-0.3, -0.25) is 9.80 Å². The van der Waals surface area contributed by atoms with Crippen LogP contribution in [0.5, 0.6) is 0 Å². The van der Waals surface area contributed by atoms with E-state index < -0.39 is 0 Å². The van der Waals surface area contributed by atoms with Crippen molar-refractivity contribution in [2.45, 2.75) is 39.0 Å². The molecule has 2 atom stereocenters. The number of hydrogen-bond donors (Lipinski definition) is 0. The Morgan fingerprint density at radius 2 is 0.640 bits per heavy atom. The zero-order valence-corrected chi connectivity index (χ0v) is 46.7. The van der Waals surface area contributed by atoms with Crippen LogP contribution in [0.15, 0.2) is 158 Å². The Morgan fingerprint density at radius 1 is 0.373 bits per heavy atom. The fourth-order valence-electron chi connectivity index (χ4n) is 10.2. The van der Waals surface area contributed by atoms with Gasteiger partial charge in [0, 0.05) is 78.5 Å². The van der Waals surface area contributed by atoms with Crippen LogP contribution in [0.4, 0.5) is 17.6 Å². The summed E-state index contributed by atoms with van der Waals surface area (Å²) in [7, 11) is 0. The highest BCUT2D eigenvalue weighted by molar-refractivity contribution is 5.86. The predicted molar refractivity (Wildman–Crippen MR) is 310 cm³/mol. The molecule has 0 spiro atoms. The van der Waals surface area contributed by atoms with Crippen molar-refractivity contribution in [1.82, 2.24) is 38.7 Å². The number of halogens is 10. The van der Waals surface area contributed by atoms with E-state index in [1.54, 1.807) is 0 Å². The van der Waals surface area contributed by atoms with Crippen molar-refractivity contribution in [3.8, 4) is 0 Å². The van der Waals surface area contributed by atoms with Crippen LogP contribution in [-0.4, -0.2) is 110 Å². The standard InChI is InChI=1S/2C28H30F2N4.6ClH.H2O/c2*1-21(19-34-20-31-26-4-2-3-5-27(26)34)18-32-14-16-33(17-15-32)28(22-6-10-24(29)11-7-22)23-8-12-25(30)13-9-23;;;;;;;/h2*2-13,20-21,28H,14-19H2,1H3;6*1H;1H2. The molecule has 2 aromatic heterocycles. The van der Waals surface area contributed by atoms with Gasteiger partial charge in [0.05, 0.1) is 46.8 Å². The molecule has 0 aliphatic carbocycles. The Balaban J connectivity index is 0.000000470. The zero-order chi connectivity index (χ0) is 47.0. The summed E-state index contributed by atoms with van der Waals surface area (Å²) in [5, 5.41) is 0. The molecule has 6 aromatic carbocycles. The number of rotatable bonds is 14. The highest BCUT2D eigenvalue weighted by Crippen LogP contribution is 2.32. The van der Waals surface area contributed by atoms with E-state index in [0.717, 1.165) is 112 Å². The fraction of sp³-hybridized carbons (Fsp3) is 0.321. The second-order valence-electron chi connectivity index (χ2n) is 18.7. The van der Waals surface area contributed by atoms with E-state index in [0.29, 0.717) is 11.8 Å². The number of piperazine rings is 2. The number of benzene rings is 6. The topological polar surface area (TPSA) is 80.1 Å². The number of hydrogen-bond acceptors (Lipinski definition) is 6. The van der Waals surface area contributed by atoms with Gasteiger partial charge in [-0.1, -0.05) is 86.6 Å². The molecule has 10 rings (SSSR count). The Morgan fingerprint density at radius 3 is 0.920 bits per heavy atom. The monoisotopic (exact) mass is 1150 g/mol. The van der Waals surface area contributed by atoms with Gasteiger partial charge in [0.1, 0.15) is 23.3 Å². The maximum Gasteiger partial charge on any atom is 0.123 e. The third kappa shape index (κ3) is 17.3. The molecule has 0 radical (unpaired) electrons. The quantitative estimate of drug-likeness (QED) is 0.101. The molecule has 2 saturated heterocycles. The van der Waals surface area contributed by atoms with Crippen LogP contribution in [0.3, 0.4) is 0 Å². The maximum atomic E-state index is 13.6. The van der Waals surface area contributed by atoms with Crippen LogP contribution in [0.1, 0.15) is 48.2 Å². The van der Waals surface area contributed by atoms with E-state index in [2.05, 4.69) is 76.8 Å². The van der Waals surface area contributed by atoms with Gasteiger partial charge in [0.2, 0.25) is 0 Å². The first kappa shape index (κ1) is 66.6.